The van der Waals surface area contributed by atoms with Crippen molar-refractivity contribution in [2.45, 2.75) is 19.8 Å². The van der Waals surface area contributed by atoms with Gasteiger partial charge in [-0.05, 0) is 12.8 Å². The average molecular weight is 166 g/mol. The highest BCUT2D eigenvalue weighted by molar-refractivity contribution is 5.91. The van der Waals surface area contributed by atoms with Crippen LogP contribution in [0.4, 0.5) is 0 Å². The van der Waals surface area contributed by atoms with Gasteiger partial charge in [0.2, 0.25) is 0 Å². The Bertz CT molecular complexity index is 231. The molecule has 2 N–H and O–H groups in total. The van der Waals surface area contributed by atoms with Crippen molar-refractivity contribution in [3.63, 3.8) is 0 Å². The van der Waals surface area contributed by atoms with Crippen LogP contribution in [0.25, 0.3) is 0 Å². The summed E-state index contributed by atoms with van der Waals surface area (Å²) in [6.45, 7) is 2.92. The third-order valence-corrected chi connectivity index (χ3v) is 1.76. The molecule has 3 heteroatoms. The lowest BCUT2D eigenvalue weighted by Gasteiger charge is -2.23. The Morgan fingerprint density at radius 1 is 1.75 bits per heavy atom. The quantitative estimate of drug-likeness (QED) is 0.679. The van der Waals surface area contributed by atoms with Crippen LogP contribution in [0.2, 0.25) is 0 Å². The lowest BCUT2D eigenvalue weighted by molar-refractivity contribution is -0.115. The van der Waals surface area contributed by atoms with Gasteiger partial charge in [-0.1, -0.05) is 19.1 Å². The van der Waals surface area contributed by atoms with Gasteiger partial charge < -0.3 is 10.6 Å². The maximum absolute atomic E-state index is 10.9. The Morgan fingerprint density at radius 3 is 3.08 bits per heavy atom. The molecule has 1 heterocycles. The molecule has 3 nitrogen and oxygen atoms in total. The molecule has 0 aromatic rings. The molecule has 0 unspecified atom stereocenters. The van der Waals surface area contributed by atoms with E-state index in [4.69, 9.17) is 5.73 Å². The number of carbonyl (C=O) groups is 1. The van der Waals surface area contributed by atoms with Gasteiger partial charge in [0, 0.05) is 12.7 Å². The molecule has 0 spiro atoms. The summed E-state index contributed by atoms with van der Waals surface area (Å²) >= 11 is 0. The minimum Gasteiger partial charge on any atom is -0.364 e. The normalized spacial score (nSPS) is 16.1. The van der Waals surface area contributed by atoms with Crippen molar-refractivity contribution in [1.29, 1.82) is 0 Å². The van der Waals surface area contributed by atoms with Crippen molar-refractivity contribution in [2.75, 3.05) is 6.54 Å². The van der Waals surface area contributed by atoms with Crippen molar-refractivity contribution in [1.82, 2.24) is 4.90 Å². The molecule has 1 rings (SSSR count). The summed E-state index contributed by atoms with van der Waals surface area (Å²) in [5, 5.41) is 0. The maximum Gasteiger partial charge on any atom is 0.264 e. The van der Waals surface area contributed by atoms with E-state index in [2.05, 4.69) is 6.92 Å². The number of rotatable bonds is 3. The van der Waals surface area contributed by atoms with Crippen molar-refractivity contribution < 1.29 is 4.79 Å². The predicted octanol–water partition coefficient (Wildman–Crippen LogP) is 0.985. The van der Waals surface area contributed by atoms with E-state index in [0.29, 0.717) is 5.70 Å². The molecule has 0 atom stereocenters. The van der Waals surface area contributed by atoms with E-state index >= 15 is 0 Å². The fourth-order valence-electron chi connectivity index (χ4n) is 1.24. The summed E-state index contributed by atoms with van der Waals surface area (Å²) in [6.07, 6.45) is 7.61. The van der Waals surface area contributed by atoms with Crippen LogP contribution in [0, 0.1) is 0 Å². The van der Waals surface area contributed by atoms with Crippen molar-refractivity contribution in [3.8, 4) is 0 Å². The molecular weight excluding hydrogens is 152 g/mol. The largest absolute Gasteiger partial charge is 0.364 e. The van der Waals surface area contributed by atoms with Gasteiger partial charge in [0.15, 0.2) is 0 Å². The minimum atomic E-state index is -0.340. The Kier molecular flexibility index (Phi) is 2.91. The monoisotopic (exact) mass is 166 g/mol. The molecule has 0 saturated carbocycles. The van der Waals surface area contributed by atoms with Crippen LogP contribution in [0.3, 0.4) is 0 Å². The smallest absolute Gasteiger partial charge is 0.264 e. The molecule has 0 aromatic carbocycles. The van der Waals surface area contributed by atoms with Gasteiger partial charge in [0.05, 0.1) is 0 Å². The van der Waals surface area contributed by atoms with Gasteiger partial charge in [-0.15, -0.1) is 0 Å². The van der Waals surface area contributed by atoms with E-state index in [9.17, 15) is 4.79 Å². The summed E-state index contributed by atoms with van der Waals surface area (Å²) in [4.78, 5) is 12.8. The highest BCUT2D eigenvalue weighted by atomic mass is 16.1. The third kappa shape index (κ3) is 1.87. The highest BCUT2D eigenvalue weighted by Crippen LogP contribution is 2.12. The van der Waals surface area contributed by atoms with Crippen LogP contribution >= 0.6 is 0 Å². The van der Waals surface area contributed by atoms with Crippen LogP contribution in [-0.4, -0.2) is 17.4 Å². The summed E-state index contributed by atoms with van der Waals surface area (Å²) in [7, 11) is 0. The summed E-state index contributed by atoms with van der Waals surface area (Å²) in [5.74, 6) is -0.340. The fraction of sp³-hybridized carbons (Fsp3) is 0.444. The summed E-state index contributed by atoms with van der Waals surface area (Å²) < 4.78 is 0. The molecule has 1 amide bonds. The van der Waals surface area contributed by atoms with Crippen LogP contribution < -0.4 is 5.73 Å². The molecule has 0 bridgehead atoms. The second-order valence-electron chi connectivity index (χ2n) is 2.77. The Morgan fingerprint density at radius 2 is 2.50 bits per heavy atom. The summed E-state index contributed by atoms with van der Waals surface area (Å²) in [5.41, 5.74) is 5.83. The van der Waals surface area contributed by atoms with E-state index in [1.807, 2.05) is 23.3 Å². The van der Waals surface area contributed by atoms with E-state index in [1.165, 1.54) is 0 Å². The standard InChI is InChI=1S/C9H14N2O/c1-2-6-11-7-4-3-5-8(11)9(10)12/h4-5,7H,2-3,6H2,1H3,(H2,10,12). The highest BCUT2D eigenvalue weighted by Gasteiger charge is 2.12. The first kappa shape index (κ1) is 8.84. The Labute approximate surface area is 72.5 Å². The molecular formula is C9H14N2O. The zero-order valence-electron chi connectivity index (χ0n) is 7.29. The number of carbonyl (C=O) groups excluding carboxylic acids is 1. The van der Waals surface area contributed by atoms with E-state index in [0.717, 1.165) is 19.4 Å². The number of hydrogen-bond acceptors (Lipinski definition) is 2. The molecule has 0 fully saturated rings. The predicted molar refractivity (Wildman–Crippen MR) is 48.0 cm³/mol. The van der Waals surface area contributed by atoms with E-state index in [1.54, 1.807) is 0 Å². The van der Waals surface area contributed by atoms with Crippen molar-refractivity contribution in [2.24, 2.45) is 5.73 Å². The van der Waals surface area contributed by atoms with E-state index in [-0.39, 0.29) is 5.91 Å². The van der Waals surface area contributed by atoms with Gasteiger partial charge in [0.25, 0.3) is 5.91 Å². The molecule has 1 aliphatic heterocycles. The molecule has 0 radical (unpaired) electrons. The van der Waals surface area contributed by atoms with Crippen molar-refractivity contribution >= 4 is 5.91 Å². The number of nitrogens with two attached hydrogens (primary N) is 1. The van der Waals surface area contributed by atoms with Gasteiger partial charge >= 0.3 is 0 Å². The summed E-state index contributed by atoms with van der Waals surface area (Å²) in [6, 6.07) is 0. The minimum absolute atomic E-state index is 0.340. The lowest BCUT2D eigenvalue weighted by atomic mass is 10.2. The van der Waals surface area contributed by atoms with Crippen LogP contribution in [0.5, 0.6) is 0 Å². The number of amides is 1. The SMILES string of the molecule is CCCN1C=CCC=C1C(N)=O. The van der Waals surface area contributed by atoms with Crippen molar-refractivity contribution in [3.05, 3.63) is 24.0 Å². The number of primary amides is 1. The fourth-order valence-corrected chi connectivity index (χ4v) is 1.24. The third-order valence-electron chi connectivity index (χ3n) is 1.76. The van der Waals surface area contributed by atoms with Gasteiger partial charge in [-0.3, -0.25) is 4.79 Å². The van der Waals surface area contributed by atoms with Gasteiger partial charge in [-0.25, -0.2) is 0 Å². The van der Waals surface area contributed by atoms with Gasteiger partial charge in [-0.2, -0.15) is 0 Å². The maximum atomic E-state index is 10.9. The van der Waals surface area contributed by atoms with Crippen LogP contribution in [0.15, 0.2) is 24.0 Å². The second kappa shape index (κ2) is 3.95. The van der Waals surface area contributed by atoms with Crippen LogP contribution in [0.1, 0.15) is 19.8 Å². The lowest BCUT2D eigenvalue weighted by Crippen LogP contribution is -2.29. The van der Waals surface area contributed by atoms with Crippen LogP contribution in [-0.2, 0) is 4.79 Å². The molecule has 0 saturated heterocycles. The first-order valence-electron chi connectivity index (χ1n) is 4.19. The molecule has 0 aliphatic carbocycles. The van der Waals surface area contributed by atoms with Gasteiger partial charge in [0.1, 0.15) is 5.70 Å². The molecule has 66 valence electrons. The second-order valence-corrected chi connectivity index (χ2v) is 2.77. The molecule has 0 aromatic heterocycles. The molecule has 12 heavy (non-hydrogen) atoms. The first-order chi connectivity index (χ1) is 5.75. The average Bonchev–Trinajstić information content (AvgIpc) is 2.05. The molecule has 1 aliphatic rings. The Hall–Kier alpha value is -1.25. The Balaban J connectivity index is 2.68. The number of nitrogens with zero attached hydrogens (tertiary/aromatic N) is 1. The number of allylic oxidation sites excluding steroid dienone is 2. The van der Waals surface area contributed by atoms with E-state index < -0.39 is 0 Å². The zero-order chi connectivity index (χ0) is 8.97. The zero-order valence-corrected chi connectivity index (χ0v) is 7.29. The topological polar surface area (TPSA) is 46.3 Å². The first-order valence-corrected chi connectivity index (χ1v) is 4.19. The number of hydrogen-bond donors (Lipinski definition) is 1.